The van der Waals surface area contributed by atoms with E-state index in [1.807, 2.05) is 48.5 Å². The average Bonchev–Trinajstić information content (AvgIpc) is 2.93. The summed E-state index contributed by atoms with van der Waals surface area (Å²) < 4.78 is 0. The topological polar surface area (TPSA) is 36.8 Å². The molecular formula is C24H17N3. The van der Waals surface area contributed by atoms with Gasteiger partial charge in [-0.3, -0.25) is 5.43 Å². The number of nitrogens with one attached hydrogen (secondary N) is 1. The number of fused-ring (bicyclic) bond motifs is 2. The third kappa shape index (κ3) is 2.89. The van der Waals surface area contributed by atoms with Crippen LogP contribution in [-0.2, 0) is 0 Å². The number of nitrogens with zero attached hydrogens (tertiary/aromatic N) is 2. The van der Waals surface area contributed by atoms with Crippen molar-refractivity contribution in [2.45, 2.75) is 0 Å². The lowest BCUT2D eigenvalue weighted by atomic mass is 9.97. The normalized spacial score (nSPS) is 13.2. The summed E-state index contributed by atoms with van der Waals surface area (Å²) in [5.41, 5.74) is 8.09. The van der Waals surface area contributed by atoms with Gasteiger partial charge >= 0.3 is 0 Å². The van der Waals surface area contributed by atoms with Gasteiger partial charge in [0.2, 0.25) is 0 Å². The van der Waals surface area contributed by atoms with Crippen molar-refractivity contribution in [1.29, 1.82) is 0 Å². The summed E-state index contributed by atoms with van der Waals surface area (Å²) in [7, 11) is 0. The summed E-state index contributed by atoms with van der Waals surface area (Å²) in [6.45, 7) is 0. The summed E-state index contributed by atoms with van der Waals surface area (Å²) in [5, 5.41) is 7.08. The maximum Gasteiger partial charge on any atom is 0.154 e. The fraction of sp³-hybridized carbons (Fsp3) is 0. The van der Waals surface area contributed by atoms with Gasteiger partial charge < -0.3 is 0 Å². The van der Waals surface area contributed by atoms with Crippen molar-refractivity contribution in [3.63, 3.8) is 0 Å². The molecule has 0 aromatic heterocycles. The molecule has 0 saturated heterocycles. The maximum absolute atomic E-state index is 4.93. The molecule has 3 heteroatoms. The fourth-order valence-corrected chi connectivity index (χ4v) is 3.37. The Kier molecular flexibility index (Phi) is 3.76. The molecule has 0 unspecified atom stereocenters. The molecule has 128 valence electrons. The van der Waals surface area contributed by atoms with E-state index in [9.17, 15) is 0 Å². The van der Waals surface area contributed by atoms with E-state index in [2.05, 4.69) is 54.0 Å². The van der Waals surface area contributed by atoms with Crippen molar-refractivity contribution < 1.29 is 0 Å². The van der Waals surface area contributed by atoms with Gasteiger partial charge in [0.25, 0.3) is 0 Å². The number of hydrogen-bond acceptors (Lipinski definition) is 3. The summed E-state index contributed by atoms with van der Waals surface area (Å²) in [5.74, 6) is 0.748. The maximum atomic E-state index is 4.93. The zero-order valence-corrected chi connectivity index (χ0v) is 14.6. The van der Waals surface area contributed by atoms with Crippen LogP contribution in [0, 0.1) is 0 Å². The Morgan fingerprint density at radius 1 is 0.593 bits per heavy atom. The molecule has 1 aliphatic rings. The van der Waals surface area contributed by atoms with E-state index in [0.29, 0.717) is 0 Å². The number of hydrazone groups is 1. The summed E-state index contributed by atoms with van der Waals surface area (Å²) in [6, 6.07) is 33.0. The van der Waals surface area contributed by atoms with Crippen LogP contribution in [-0.4, -0.2) is 11.5 Å². The minimum absolute atomic E-state index is 0.748. The predicted octanol–water partition coefficient (Wildman–Crippen LogP) is 5.27. The lowest BCUT2D eigenvalue weighted by molar-refractivity contribution is 1.03. The molecule has 1 N–H and O–H groups in total. The molecule has 0 radical (unpaired) electrons. The smallest absolute Gasteiger partial charge is 0.154 e. The minimum atomic E-state index is 0.748. The Labute approximate surface area is 157 Å². The average molecular weight is 347 g/mol. The molecule has 0 saturated carbocycles. The number of aliphatic imine (C=N–C) groups is 1. The van der Waals surface area contributed by atoms with Gasteiger partial charge in [-0.2, -0.15) is 5.10 Å². The summed E-state index contributed by atoms with van der Waals surface area (Å²) in [4.78, 5) is 4.93. The van der Waals surface area contributed by atoms with Crippen molar-refractivity contribution in [3.05, 3.63) is 114 Å². The summed E-state index contributed by atoms with van der Waals surface area (Å²) >= 11 is 0. The van der Waals surface area contributed by atoms with Crippen LogP contribution in [0.2, 0.25) is 0 Å². The molecule has 0 amide bonds. The van der Waals surface area contributed by atoms with E-state index in [0.717, 1.165) is 33.9 Å². The van der Waals surface area contributed by atoms with Crippen LogP contribution in [0.4, 0.5) is 5.69 Å². The molecule has 1 heterocycles. The van der Waals surface area contributed by atoms with Crippen LogP contribution in [0.5, 0.6) is 0 Å². The van der Waals surface area contributed by atoms with E-state index in [4.69, 9.17) is 10.1 Å². The third-order valence-electron chi connectivity index (χ3n) is 4.72. The predicted molar refractivity (Wildman–Crippen MR) is 112 cm³/mol. The monoisotopic (exact) mass is 347 g/mol. The van der Waals surface area contributed by atoms with Crippen LogP contribution in [0.15, 0.2) is 107 Å². The van der Waals surface area contributed by atoms with Crippen LogP contribution >= 0.6 is 0 Å². The Balaban J connectivity index is 1.76. The highest BCUT2D eigenvalue weighted by atomic mass is 15.3. The van der Waals surface area contributed by atoms with E-state index < -0.39 is 0 Å². The first-order chi connectivity index (χ1) is 13.4. The molecular weight excluding hydrogens is 330 g/mol. The van der Waals surface area contributed by atoms with E-state index in [1.165, 1.54) is 10.8 Å². The van der Waals surface area contributed by atoms with Crippen molar-refractivity contribution in [2.75, 3.05) is 0 Å². The number of rotatable bonds is 2. The zero-order valence-electron chi connectivity index (χ0n) is 14.6. The number of hydrogen-bond donors (Lipinski definition) is 1. The highest BCUT2D eigenvalue weighted by Crippen LogP contribution is 2.30. The molecule has 4 aromatic rings. The second-order valence-corrected chi connectivity index (χ2v) is 6.48. The second kappa shape index (κ2) is 6.54. The van der Waals surface area contributed by atoms with E-state index >= 15 is 0 Å². The molecule has 0 fully saturated rings. The second-order valence-electron chi connectivity index (χ2n) is 6.48. The van der Waals surface area contributed by atoms with E-state index in [1.54, 1.807) is 0 Å². The molecule has 27 heavy (non-hydrogen) atoms. The van der Waals surface area contributed by atoms with Gasteiger partial charge in [0.15, 0.2) is 5.84 Å². The Morgan fingerprint density at radius 3 is 1.89 bits per heavy atom. The Bertz CT molecular complexity index is 1180. The van der Waals surface area contributed by atoms with Crippen LogP contribution in [0.1, 0.15) is 16.7 Å². The van der Waals surface area contributed by atoms with Gasteiger partial charge in [-0.05, 0) is 22.9 Å². The molecule has 1 aliphatic heterocycles. The lowest BCUT2D eigenvalue weighted by Gasteiger charge is -2.09. The zero-order chi connectivity index (χ0) is 18.1. The number of benzene rings is 4. The largest absolute Gasteiger partial charge is 0.260 e. The van der Waals surface area contributed by atoms with Gasteiger partial charge in [-0.25, -0.2) is 4.99 Å². The molecule has 0 spiro atoms. The standard InChI is InChI=1S/C24H17N3/c1-3-9-17(10-4-1)23-21-15-19-13-7-8-14-20(19)16-22(21)25-24(27-26-23)18-11-5-2-6-12-18/h1-16H,(H,25,27). The first-order valence-electron chi connectivity index (χ1n) is 8.95. The quantitative estimate of drug-likeness (QED) is 0.527. The first kappa shape index (κ1) is 15.5. The molecule has 5 rings (SSSR count). The minimum Gasteiger partial charge on any atom is -0.260 e. The number of amidine groups is 1. The fourth-order valence-electron chi connectivity index (χ4n) is 3.37. The SMILES string of the molecule is c1ccc(C2=Nc3cc4ccccc4cc3C(c3ccccc3)=NN2)cc1. The van der Waals surface area contributed by atoms with Gasteiger partial charge in [0.1, 0.15) is 0 Å². The summed E-state index contributed by atoms with van der Waals surface area (Å²) in [6.07, 6.45) is 0. The van der Waals surface area contributed by atoms with Gasteiger partial charge in [0, 0.05) is 16.7 Å². The van der Waals surface area contributed by atoms with Crippen molar-refractivity contribution in [2.24, 2.45) is 10.1 Å². The van der Waals surface area contributed by atoms with Crippen molar-refractivity contribution >= 4 is 28.0 Å². The van der Waals surface area contributed by atoms with E-state index in [-0.39, 0.29) is 0 Å². The molecule has 3 nitrogen and oxygen atoms in total. The molecule has 0 aliphatic carbocycles. The molecule has 0 bridgehead atoms. The van der Waals surface area contributed by atoms with Gasteiger partial charge in [0.05, 0.1) is 11.4 Å². The lowest BCUT2D eigenvalue weighted by Crippen LogP contribution is -2.19. The Morgan fingerprint density at radius 2 is 1.19 bits per heavy atom. The van der Waals surface area contributed by atoms with Gasteiger partial charge in [-0.15, -0.1) is 0 Å². The van der Waals surface area contributed by atoms with Crippen LogP contribution < -0.4 is 5.43 Å². The van der Waals surface area contributed by atoms with Crippen molar-refractivity contribution in [3.8, 4) is 0 Å². The van der Waals surface area contributed by atoms with Crippen molar-refractivity contribution in [1.82, 2.24) is 5.43 Å². The molecule has 0 atom stereocenters. The highest BCUT2D eigenvalue weighted by Gasteiger charge is 2.17. The third-order valence-corrected chi connectivity index (χ3v) is 4.72. The van der Waals surface area contributed by atoms with Crippen LogP contribution in [0.25, 0.3) is 10.8 Å². The first-order valence-corrected chi connectivity index (χ1v) is 8.95. The van der Waals surface area contributed by atoms with Crippen LogP contribution in [0.3, 0.4) is 0 Å². The highest BCUT2D eigenvalue weighted by molar-refractivity contribution is 6.19. The Hall–Kier alpha value is -3.72. The molecule has 4 aromatic carbocycles. The van der Waals surface area contributed by atoms with Gasteiger partial charge in [-0.1, -0.05) is 84.9 Å².